The molecule has 0 aromatic carbocycles. The molecule has 0 saturated carbocycles. The average Bonchev–Trinajstić information content (AvgIpc) is 2.29. The van der Waals surface area contributed by atoms with E-state index in [1.54, 1.807) is 4.90 Å². The number of hydrogen-bond donors (Lipinski definition) is 0. The molecule has 17 heavy (non-hydrogen) atoms. The molecule has 7 nitrogen and oxygen atoms in total. The first-order chi connectivity index (χ1) is 7.99. The van der Waals surface area contributed by atoms with Gasteiger partial charge in [-0.05, 0) is 6.07 Å². The average molecular weight is 257 g/mol. The molecule has 0 atom stereocenters. The number of rotatable bonds is 2. The molecule has 2 rings (SSSR count). The highest BCUT2D eigenvalue weighted by atomic mass is 32.2. The van der Waals surface area contributed by atoms with Crippen LogP contribution in [0.5, 0.6) is 0 Å². The number of pyridine rings is 1. The monoisotopic (exact) mass is 257 g/mol. The third-order valence-electron chi connectivity index (χ3n) is 2.61. The summed E-state index contributed by atoms with van der Waals surface area (Å²) in [6, 6.07) is 2.85. The summed E-state index contributed by atoms with van der Waals surface area (Å²) in [4.78, 5) is 15.9. The molecule has 0 amide bonds. The zero-order valence-corrected chi connectivity index (χ0v) is 9.76. The van der Waals surface area contributed by atoms with Crippen LogP contribution < -0.4 is 4.90 Å². The summed E-state index contributed by atoms with van der Waals surface area (Å²) >= 11 is 0. The molecule has 0 unspecified atom stereocenters. The number of sulfone groups is 1. The van der Waals surface area contributed by atoms with Crippen LogP contribution in [0.25, 0.3) is 0 Å². The van der Waals surface area contributed by atoms with Gasteiger partial charge in [0.2, 0.25) is 5.82 Å². The summed E-state index contributed by atoms with van der Waals surface area (Å²) in [5.74, 6) is 0.272. The zero-order chi connectivity index (χ0) is 12.5. The highest BCUT2D eigenvalue weighted by Crippen LogP contribution is 2.25. The van der Waals surface area contributed by atoms with Crippen molar-refractivity contribution in [2.75, 3.05) is 29.5 Å². The van der Waals surface area contributed by atoms with E-state index in [1.807, 2.05) is 0 Å². The summed E-state index contributed by atoms with van der Waals surface area (Å²) in [7, 11) is -3.00. The summed E-state index contributed by atoms with van der Waals surface area (Å²) in [5, 5.41) is 10.8. The lowest BCUT2D eigenvalue weighted by Crippen LogP contribution is -2.40. The molecule has 0 N–H and O–H groups in total. The maximum Gasteiger partial charge on any atom is 0.311 e. The van der Waals surface area contributed by atoms with E-state index >= 15 is 0 Å². The number of hydrogen-bond acceptors (Lipinski definition) is 6. The maximum absolute atomic E-state index is 11.3. The van der Waals surface area contributed by atoms with Crippen LogP contribution in [0.15, 0.2) is 18.3 Å². The molecule has 0 radical (unpaired) electrons. The molecule has 1 aromatic rings. The zero-order valence-electron chi connectivity index (χ0n) is 8.94. The van der Waals surface area contributed by atoms with Crippen LogP contribution in [-0.4, -0.2) is 42.9 Å². The van der Waals surface area contributed by atoms with Crippen molar-refractivity contribution in [3.05, 3.63) is 28.4 Å². The Bertz CT molecular complexity index is 529. The maximum atomic E-state index is 11.3. The van der Waals surface area contributed by atoms with E-state index in [2.05, 4.69) is 4.98 Å². The minimum atomic E-state index is -3.00. The Balaban J connectivity index is 2.27. The smallest absolute Gasteiger partial charge is 0.311 e. The second-order valence-corrected chi connectivity index (χ2v) is 6.05. The van der Waals surface area contributed by atoms with Crippen LogP contribution in [0.3, 0.4) is 0 Å². The molecule has 0 aliphatic carbocycles. The Morgan fingerprint density at radius 2 is 2.00 bits per heavy atom. The van der Waals surface area contributed by atoms with Crippen LogP contribution >= 0.6 is 0 Å². The molecular formula is C9H11N3O4S. The molecule has 1 aliphatic heterocycles. The Hall–Kier alpha value is -1.70. The first-order valence-electron chi connectivity index (χ1n) is 5.04. The fraction of sp³-hybridized carbons (Fsp3) is 0.444. The van der Waals surface area contributed by atoms with Gasteiger partial charge in [0.25, 0.3) is 0 Å². The van der Waals surface area contributed by atoms with Crippen molar-refractivity contribution in [3.63, 3.8) is 0 Å². The van der Waals surface area contributed by atoms with E-state index < -0.39 is 14.8 Å². The van der Waals surface area contributed by atoms with Gasteiger partial charge < -0.3 is 4.90 Å². The minimum absolute atomic E-state index is 0.0146. The topological polar surface area (TPSA) is 93.4 Å². The SMILES string of the molecule is O=[N+]([O-])c1cccnc1N1CCS(=O)(=O)CC1. The molecular weight excluding hydrogens is 246 g/mol. The second kappa shape index (κ2) is 4.28. The quantitative estimate of drug-likeness (QED) is 0.556. The summed E-state index contributed by atoms with van der Waals surface area (Å²) in [6.45, 7) is 0.500. The molecule has 1 aliphatic rings. The summed E-state index contributed by atoms with van der Waals surface area (Å²) < 4.78 is 22.5. The fourth-order valence-corrected chi connectivity index (χ4v) is 2.90. The van der Waals surface area contributed by atoms with Gasteiger partial charge in [0.15, 0.2) is 9.84 Å². The van der Waals surface area contributed by atoms with Crippen molar-refractivity contribution in [2.45, 2.75) is 0 Å². The van der Waals surface area contributed by atoms with E-state index in [0.717, 1.165) is 0 Å². The van der Waals surface area contributed by atoms with E-state index in [4.69, 9.17) is 0 Å². The minimum Gasteiger partial charge on any atom is -0.349 e. The highest BCUT2D eigenvalue weighted by molar-refractivity contribution is 7.91. The van der Waals surface area contributed by atoms with Gasteiger partial charge in [0.05, 0.1) is 16.4 Å². The van der Waals surface area contributed by atoms with Gasteiger partial charge in [0.1, 0.15) is 0 Å². The van der Waals surface area contributed by atoms with Gasteiger partial charge in [-0.15, -0.1) is 0 Å². The number of nitrogens with zero attached hydrogens (tertiary/aromatic N) is 3. The van der Waals surface area contributed by atoms with Crippen molar-refractivity contribution < 1.29 is 13.3 Å². The predicted molar refractivity (Wildman–Crippen MR) is 61.8 cm³/mol. The predicted octanol–water partition coefficient (Wildman–Crippen LogP) is 0.225. The first kappa shape index (κ1) is 11.8. The van der Waals surface area contributed by atoms with Crippen LogP contribution in [0.2, 0.25) is 0 Å². The molecule has 0 spiro atoms. The van der Waals surface area contributed by atoms with Crippen molar-refractivity contribution in [1.29, 1.82) is 0 Å². The summed E-state index contributed by atoms with van der Waals surface area (Å²) in [6.07, 6.45) is 1.46. The van der Waals surface area contributed by atoms with Crippen LogP contribution in [-0.2, 0) is 9.84 Å². The molecule has 1 saturated heterocycles. The first-order valence-corrected chi connectivity index (χ1v) is 6.86. The number of nitro groups is 1. The Morgan fingerprint density at radius 1 is 1.35 bits per heavy atom. The van der Waals surface area contributed by atoms with Gasteiger partial charge >= 0.3 is 5.69 Å². The van der Waals surface area contributed by atoms with Crippen molar-refractivity contribution in [1.82, 2.24) is 4.98 Å². The lowest BCUT2D eigenvalue weighted by molar-refractivity contribution is -0.384. The Kier molecular flexibility index (Phi) is 2.97. The Labute approximate surface area is 98.1 Å². The molecule has 2 heterocycles. The highest BCUT2D eigenvalue weighted by Gasteiger charge is 2.27. The fourth-order valence-electron chi connectivity index (χ4n) is 1.70. The summed E-state index contributed by atoms with van der Waals surface area (Å²) in [5.41, 5.74) is -0.0909. The second-order valence-electron chi connectivity index (χ2n) is 3.74. The molecule has 0 bridgehead atoms. The molecule has 1 aromatic heterocycles. The van der Waals surface area contributed by atoms with Crippen LogP contribution in [0.4, 0.5) is 11.5 Å². The molecule has 92 valence electrons. The number of anilines is 1. The van der Waals surface area contributed by atoms with Crippen molar-refractivity contribution >= 4 is 21.3 Å². The van der Waals surface area contributed by atoms with E-state index in [-0.39, 0.29) is 36.1 Å². The molecule has 8 heteroatoms. The lowest BCUT2D eigenvalue weighted by atomic mass is 10.3. The van der Waals surface area contributed by atoms with Gasteiger partial charge in [-0.1, -0.05) is 0 Å². The van der Waals surface area contributed by atoms with E-state index in [1.165, 1.54) is 18.3 Å². The third kappa shape index (κ3) is 2.52. The van der Waals surface area contributed by atoms with Crippen LogP contribution in [0.1, 0.15) is 0 Å². The Morgan fingerprint density at radius 3 is 2.59 bits per heavy atom. The molecule has 1 fully saturated rings. The third-order valence-corrected chi connectivity index (χ3v) is 4.22. The van der Waals surface area contributed by atoms with Crippen molar-refractivity contribution in [2.24, 2.45) is 0 Å². The lowest BCUT2D eigenvalue weighted by Gasteiger charge is -2.27. The van der Waals surface area contributed by atoms with Gasteiger partial charge in [-0.2, -0.15) is 0 Å². The largest absolute Gasteiger partial charge is 0.349 e. The van der Waals surface area contributed by atoms with Crippen molar-refractivity contribution in [3.8, 4) is 0 Å². The standard InChI is InChI=1S/C9H11N3O4S/c13-12(14)8-2-1-3-10-9(8)11-4-6-17(15,16)7-5-11/h1-3H,4-7H2. The van der Waals surface area contributed by atoms with Crippen LogP contribution in [0, 0.1) is 10.1 Å². The number of aromatic nitrogens is 1. The van der Waals surface area contributed by atoms with Gasteiger partial charge in [0, 0.05) is 25.4 Å². The van der Waals surface area contributed by atoms with E-state index in [9.17, 15) is 18.5 Å². The van der Waals surface area contributed by atoms with Gasteiger partial charge in [-0.25, -0.2) is 13.4 Å². The normalized spacial score (nSPS) is 18.9. The van der Waals surface area contributed by atoms with E-state index in [0.29, 0.717) is 0 Å². The van der Waals surface area contributed by atoms with Gasteiger partial charge in [-0.3, -0.25) is 10.1 Å².